The minimum atomic E-state index is -0.442. The average Bonchev–Trinajstić information content (AvgIpc) is 2.47. The zero-order chi connectivity index (χ0) is 15.7. The molecule has 3 rings (SSSR count). The molecule has 1 aromatic carbocycles. The number of H-pyrrole nitrogens is 1. The third-order valence-electron chi connectivity index (χ3n) is 3.43. The molecule has 22 heavy (non-hydrogen) atoms. The summed E-state index contributed by atoms with van der Waals surface area (Å²) in [6.45, 7) is 0. The third-order valence-corrected chi connectivity index (χ3v) is 3.43. The minimum absolute atomic E-state index is 0.0446. The molecule has 0 spiro atoms. The van der Waals surface area contributed by atoms with Gasteiger partial charge in [0.15, 0.2) is 5.88 Å². The first kappa shape index (κ1) is 13.8. The Kier molecular flexibility index (Phi) is 3.34. The number of nitro groups is 1. The van der Waals surface area contributed by atoms with Gasteiger partial charge in [0, 0.05) is 23.4 Å². The number of non-ortho nitro benzene ring substituents is 1. The van der Waals surface area contributed by atoms with E-state index in [1.807, 2.05) is 12.2 Å². The van der Waals surface area contributed by atoms with Crippen molar-refractivity contribution in [2.24, 2.45) is 0 Å². The summed E-state index contributed by atoms with van der Waals surface area (Å²) >= 11 is 0. The lowest BCUT2D eigenvalue weighted by Crippen LogP contribution is -2.41. The fourth-order valence-electron chi connectivity index (χ4n) is 2.39. The summed E-state index contributed by atoms with van der Waals surface area (Å²) in [6.07, 6.45) is 6.09. The molecule has 1 aliphatic rings. The van der Waals surface area contributed by atoms with Crippen LogP contribution in [-0.4, -0.2) is 15.0 Å². The van der Waals surface area contributed by atoms with Crippen molar-refractivity contribution in [2.75, 3.05) is 0 Å². The second-order valence-electron chi connectivity index (χ2n) is 4.97. The number of benzene rings is 1. The maximum absolute atomic E-state index is 11.7. The molecule has 0 atom stereocenters. The van der Waals surface area contributed by atoms with E-state index >= 15 is 0 Å². The molecule has 1 heterocycles. The second-order valence-corrected chi connectivity index (χ2v) is 4.97. The molecule has 0 aliphatic heterocycles. The quantitative estimate of drug-likeness (QED) is 0.639. The van der Waals surface area contributed by atoms with Crippen LogP contribution in [0.4, 0.5) is 5.69 Å². The summed E-state index contributed by atoms with van der Waals surface area (Å²) in [5, 5.41) is 21.3. The lowest BCUT2D eigenvalue weighted by Gasteiger charge is -2.05. The van der Waals surface area contributed by atoms with Crippen LogP contribution >= 0.6 is 0 Å². The Morgan fingerprint density at radius 1 is 1.27 bits per heavy atom. The predicted octanol–water partition coefficient (Wildman–Crippen LogP) is 1.04. The molecule has 0 saturated heterocycles. The molecule has 0 saturated carbocycles. The smallest absolute Gasteiger partial charge is 0.269 e. The van der Waals surface area contributed by atoms with Gasteiger partial charge in [-0.15, -0.1) is 0 Å². The van der Waals surface area contributed by atoms with E-state index in [9.17, 15) is 20.0 Å². The molecule has 1 aromatic heterocycles. The van der Waals surface area contributed by atoms with Crippen LogP contribution in [0.3, 0.4) is 0 Å². The molecule has 6 nitrogen and oxygen atoms in total. The van der Waals surface area contributed by atoms with E-state index in [2.05, 4.69) is 4.98 Å². The van der Waals surface area contributed by atoms with E-state index in [1.165, 1.54) is 18.2 Å². The summed E-state index contributed by atoms with van der Waals surface area (Å²) in [7, 11) is 0. The summed E-state index contributed by atoms with van der Waals surface area (Å²) in [4.78, 5) is 24.2. The molecule has 0 amide bonds. The molecule has 0 unspecified atom stereocenters. The maximum atomic E-state index is 11.7. The molecule has 0 fully saturated rings. The zero-order valence-corrected chi connectivity index (χ0v) is 11.4. The highest BCUT2D eigenvalue weighted by atomic mass is 16.6. The van der Waals surface area contributed by atoms with E-state index in [4.69, 9.17) is 0 Å². The number of fused-ring (bicyclic) bond motifs is 1. The first-order valence-corrected chi connectivity index (χ1v) is 6.62. The number of aromatic amines is 1. The van der Waals surface area contributed by atoms with Crippen LogP contribution < -0.4 is 16.0 Å². The van der Waals surface area contributed by atoms with Crippen molar-refractivity contribution >= 4 is 23.9 Å². The number of rotatable bonds is 2. The highest BCUT2D eigenvalue weighted by molar-refractivity contribution is 5.69. The SMILES string of the molecule is O=c1[nH]c(O)cc2c1=CCC(=Cc1ccc([N+](=O)[O-])cc1)C=2. The van der Waals surface area contributed by atoms with Crippen molar-refractivity contribution in [1.82, 2.24) is 4.98 Å². The van der Waals surface area contributed by atoms with Crippen molar-refractivity contribution in [2.45, 2.75) is 6.42 Å². The normalized spacial score (nSPS) is 14.8. The average molecular weight is 296 g/mol. The van der Waals surface area contributed by atoms with Crippen LogP contribution in [0, 0.1) is 10.1 Å². The Balaban J connectivity index is 2.01. The molecule has 6 heteroatoms. The molecular formula is C16H12N2O4. The number of hydrogen-bond donors (Lipinski definition) is 2. The van der Waals surface area contributed by atoms with E-state index in [1.54, 1.807) is 18.2 Å². The fraction of sp³-hybridized carbons (Fsp3) is 0.0625. The molecule has 110 valence electrons. The number of nitro benzene ring substituents is 1. The van der Waals surface area contributed by atoms with E-state index in [-0.39, 0.29) is 17.1 Å². The van der Waals surface area contributed by atoms with Gasteiger partial charge in [0.2, 0.25) is 0 Å². The predicted molar refractivity (Wildman–Crippen MR) is 82.6 cm³/mol. The van der Waals surface area contributed by atoms with Gasteiger partial charge in [-0.05, 0) is 34.9 Å². The van der Waals surface area contributed by atoms with E-state index in [0.717, 1.165) is 11.1 Å². The van der Waals surface area contributed by atoms with Gasteiger partial charge in [-0.3, -0.25) is 19.9 Å². The first-order valence-electron chi connectivity index (χ1n) is 6.62. The summed E-state index contributed by atoms with van der Waals surface area (Å²) < 4.78 is 0. The Bertz CT molecular complexity index is 953. The summed E-state index contributed by atoms with van der Waals surface area (Å²) in [5.74, 6) is -0.176. The lowest BCUT2D eigenvalue weighted by molar-refractivity contribution is -0.384. The highest BCUT2D eigenvalue weighted by Gasteiger charge is 2.05. The van der Waals surface area contributed by atoms with Gasteiger partial charge in [0.05, 0.1) is 4.92 Å². The lowest BCUT2D eigenvalue weighted by atomic mass is 10.0. The van der Waals surface area contributed by atoms with Crippen LogP contribution in [0.25, 0.3) is 18.2 Å². The van der Waals surface area contributed by atoms with Crippen LogP contribution in [0.5, 0.6) is 5.88 Å². The Hall–Kier alpha value is -3.15. The Morgan fingerprint density at radius 3 is 2.68 bits per heavy atom. The first-order chi connectivity index (χ1) is 10.5. The minimum Gasteiger partial charge on any atom is -0.494 e. The standard InChI is InChI=1S/C16H12N2O4/c19-15-9-12-8-11(3-6-14(12)16(20)17-15)7-10-1-4-13(5-2-10)18(21)22/h1-2,4-9,19H,3H2,(H,17,20). The van der Waals surface area contributed by atoms with Crippen molar-refractivity contribution in [3.05, 3.63) is 72.4 Å². The highest BCUT2D eigenvalue weighted by Crippen LogP contribution is 2.17. The van der Waals surface area contributed by atoms with Gasteiger partial charge in [-0.1, -0.05) is 18.2 Å². The Labute approximate surface area is 124 Å². The van der Waals surface area contributed by atoms with Crippen LogP contribution in [0.1, 0.15) is 12.0 Å². The topological polar surface area (TPSA) is 96.2 Å². The number of hydrogen-bond acceptors (Lipinski definition) is 4. The van der Waals surface area contributed by atoms with Crippen molar-refractivity contribution < 1.29 is 10.0 Å². The second kappa shape index (κ2) is 5.33. The van der Waals surface area contributed by atoms with Gasteiger partial charge in [0.25, 0.3) is 11.2 Å². The van der Waals surface area contributed by atoms with E-state index in [0.29, 0.717) is 16.9 Å². The molecule has 0 radical (unpaired) electrons. The van der Waals surface area contributed by atoms with E-state index < -0.39 is 4.92 Å². The molecular weight excluding hydrogens is 284 g/mol. The molecule has 2 aromatic rings. The van der Waals surface area contributed by atoms with Crippen molar-refractivity contribution in [1.29, 1.82) is 0 Å². The van der Waals surface area contributed by atoms with Crippen LogP contribution in [0.15, 0.2) is 40.7 Å². The number of nitrogens with one attached hydrogen (secondary N) is 1. The van der Waals surface area contributed by atoms with Crippen molar-refractivity contribution in [3.63, 3.8) is 0 Å². The summed E-state index contributed by atoms with van der Waals surface area (Å²) in [6, 6.07) is 7.73. The summed E-state index contributed by atoms with van der Waals surface area (Å²) in [5.41, 5.74) is 1.51. The maximum Gasteiger partial charge on any atom is 0.269 e. The van der Waals surface area contributed by atoms with Gasteiger partial charge < -0.3 is 5.11 Å². The Morgan fingerprint density at radius 2 is 2.00 bits per heavy atom. The van der Waals surface area contributed by atoms with Crippen LogP contribution in [0.2, 0.25) is 0 Å². The third kappa shape index (κ3) is 2.67. The largest absolute Gasteiger partial charge is 0.494 e. The van der Waals surface area contributed by atoms with Crippen LogP contribution in [-0.2, 0) is 0 Å². The molecule has 0 bridgehead atoms. The monoisotopic (exact) mass is 296 g/mol. The van der Waals surface area contributed by atoms with Gasteiger partial charge >= 0.3 is 0 Å². The number of allylic oxidation sites excluding steroid dienone is 1. The van der Waals surface area contributed by atoms with Crippen molar-refractivity contribution in [3.8, 4) is 5.88 Å². The number of nitrogens with zero attached hydrogens (tertiary/aromatic N) is 1. The number of pyridine rings is 1. The van der Waals surface area contributed by atoms with Gasteiger partial charge in [-0.25, -0.2) is 0 Å². The number of aromatic nitrogens is 1. The van der Waals surface area contributed by atoms with Gasteiger partial charge in [-0.2, -0.15) is 0 Å². The molecule has 2 N–H and O–H groups in total. The zero-order valence-electron chi connectivity index (χ0n) is 11.4. The molecule has 1 aliphatic carbocycles. The fourth-order valence-corrected chi connectivity index (χ4v) is 2.39. The van der Waals surface area contributed by atoms with Gasteiger partial charge in [0.1, 0.15) is 0 Å². The number of aromatic hydroxyl groups is 1.